The lowest BCUT2D eigenvalue weighted by atomic mass is 10.7. The Hall–Kier alpha value is -0.0100. The molecule has 1 heterocycles. The number of halogens is 1. The van der Waals surface area contributed by atoms with Crippen molar-refractivity contribution in [2.45, 2.75) is 0 Å². The molecule has 48 valence electrons. The Morgan fingerprint density at radius 3 is 2.50 bits per heavy atom. The highest BCUT2D eigenvalue weighted by Crippen LogP contribution is 2.06. The molecule has 0 aliphatic carbocycles. The van der Waals surface area contributed by atoms with Gasteiger partial charge in [0, 0.05) is 0 Å². The quantitative estimate of drug-likeness (QED) is 0.481. The van der Waals surface area contributed by atoms with Gasteiger partial charge in [-0.15, -0.1) is 12.4 Å². The van der Waals surface area contributed by atoms with Gasteiger partial charge in [0.1, 0.15) is 6.61 Å². The fraction of sp³-hybridized carbons (Fsp3) is 0.667. The molecule has 0 radical (unpaired) electrons. The Kier molecular flexibility index (Phi) is 3.10. The third kappa shape index (κ3) is 1.49. The number of ether oxygens (including phenoxy) is 1. The summed E-state index contributed by atoms with van der Waals surface area (Å²) >= 11 is 0. The first-order valence-corrected chi connectivity index (χ1v) is 2.51. The molecule has 1 atom stereocenters. The van der Waals surface area contributed by atoms with Crippen LogP contribution in [0.1, 0.15) is 0 Å². The summed E-state index contributed by atoms with van der Waals surface area (Å²) in [5.41, 5.74) is 0. The average molecular weight is 156 g/mol. The molecule has 0 bridgehead atoms. The molecule has 1 fully saturated rings. The summed E-state index contributed by atoms with van der Waals surface area (Å²) in [7, 11) is 2.27. The lowest BCUT2D eigenvalue weighted by molar-refractivity contribution is 0.171. The monoisotopic (exact) mass is 155 g/mol. The molecule has 0 aromatic rings. The SMILES string of the molecule is Cl.O=C1OCCN1P. The minimum atomic E-state index is -0.245. The lowest BCUT2D eigenvalue weighted by Crippen LogP contribution is -2.09. The van der Waals surface area contributed by atoms with Gasteiger partial charge < -0.3 is 4.74 Å². The molecular weight excluding hydrogens is 148 g/mol. The van der Waals surface area contributed by atoms with Crippen LogP contribution in [0.25, 0.3) is 0 Å². The summed E-state index contributed by atoms with van der Waals surface area (Å²) in [5, 5.41) is 0. The zero-order valence-corrected chi connectivity index (χ0v) is 6.13. The number of carbonyl (C=O) groups excluding carboxylic acids is 1. The normalized spacial score (nSPS) is 17.6. The number of hydrogen-bond acceptors (Lipinski definition) is 2. The van der Waals surface area contributed by atoms with Crippen molar-refractivity contribution in [3.63, 3.8) is 0 Å². The molecule has 0 aromatic heterocycles. The van der Waals surface area contributed by atoms with Crippen molar-refractivity contribution in [2.24, 2.45) is 0 Å². The summed E-state index contributed by atoms with van der Waals surface area (Å²) in [6.07, 6.45) is -0.245. The summed E-state index contributed by atoms with van der Waals surface area (Å²) in [4.78, 5) is 10.3. The molecule has 1 amide bonds. The van der Waals surface area contributed by atoms with Gasteiger partial charge in [-0.25, -0.2) is 4.79 Å². The molecule has 1 rings (SSSR count). The number of hydrogen-bond donors (Lipinski definition) is 0. The van der Waals surface area contributed by atoms with Crippen LogP contribution < -0.4 is 0 Å². The van der Waals surface area contributed by atoms with Gasteiger partial charge in [0.15, 0.2) is 0 Å². The van der Waals surface area contributed by atoms with E-state index in [2.05, 4.69) is 14.1 Å². The molecule has 5 heteroatoms. The molecule has 1 aliphatic rings. The summed E-state index contributed by atoms with van der Waals surface area (Å²) in [6, 6.07) is 0. The molecule has 1 saturated heterocycles. The maximum atomic E-state index is 10.3. The van der Waals surface area contributed by atoms with Crippen LogP contribution in [0.3, 0.4) is 0 Å². The maximum absolute atomic E-state index is 10.3. The van der Waals surface area contributed by atoms with Crippen LogP contribution >= 0.6 is 21.8 Å². The predicted molar refractivity (Wildman–Crippen MR) is 35.0 cm³/mol. The van der Waals surface area contributed by atoms with Crippen molar-refractivity contribution >= 4 is 27.9 Å². The van der Waals surface area contributed by atoms with E-state index < -0.39 is 0 Å². The highest BCUT2D eigenvalue weighted by molar-refractivity contribution is 7.14. The first-order chi connectivity index (χ1) is 3.30. The van der Waals surface area contributed by atoms with E-state index in [0.717, 1.165) is 0 Å². The Balaban J connectivity index is 0.000000490. The van der Waals surface area contributed by atoms with Crippen LogP contribution in [-0.2, 0) is 4.74 Å². The third-order valence-corrected chi connectivity index (χ3v) is 1.26. The average Bonchev–Trinajstić information content (AvgIpc) is 1.91. The van der Waals surface area contributed by atoms with Crippen LogP contribution in [0.15, 0.2) is 0 Å². The van der Waals surface area contributed by atoms with Crippen molar-refractivity contribution in [3.8, 4) is 0 Å². The van der Waals surface area contributed by atoms with Gasteiger partial charge in [-0.05, 0) is 9.39 Å². The van der Waals surface area contributed by atoms with Gasteiger partial charge >= 0.3 is 6.09 Å². The second-order valence-electron chi connectivity index (χ2n) is 1.31. The van der Waals surface area contributed by atoms with Crippen molar-refractivity contribution < 1.29 is 9.53 Å². The highest BCUT2D eigenvalue weighted by atomic mass is 35.5. The molecule has 1 unspecified atom stereocenters. The van der Waals surface area contributed by atoms with E-state index in [9.17, 15) is 4.79 Å². The fourth-order valence-electron chi connectivity index (χ4n) is 0.406. The minimum absolute atomic E-state index is 0. The largest absolute Gasteiger partial charge is 0.447 e. The smallest absolute Gasteiger partial charge is 0.412 e. The first-order valence-electron chi connectivity index (χ1n) is 1.99. The van der Waals surface area contributed by atoms with Gasteiger partial charge in [0.25, 0.3) is 0 Å². The molecular formula is C3H7ClNO2P. The lowest BCUT2D eigenvalue weighted by Gasteiger charge is -1.98. The maximum Gasteiger partial charge on any atom is 0.412 e. The van der Waals surface area contributed by atoms with Crippen molar-refractivity contribution in [1.29, 1.82) is 0 Å². The summed E-state index contributed by atoms with van der Waals surface area (Å²) in [6.45, 7) is 1.23. The van der Waals surface area contributed by atoms with E-state index in [1.165, 1.54) is 4.67 Å². The molecule has 3 nitrogen and oxygen atoms in total. The number of cyclic esters (lactones) is 1. The molecule has 0 aromatic carbocycles. The summed E-state index contributed by atoms with van der Waals surface area (Å²) in [5.74, 6) is 0. The van der Waals surface area contributed by atoms with E-state index in [1.54, 1.807) is 0 Å². The van der Waals surface area contributed by atoms with Crippen LogP contribution in [0.5, 0.6) is 0 Å². The molecule has 8 heavy (non-hydrogen) atoms. The topological polar surface area (TPSA) is 29.5 Å². The zero-order valence-electron chi connectivity index (χ0n) is 4.16. The van der Waals surface area contributed by atoms with Crippen LogP contribution in [0, 0.1) is 0 Å². The zero-order chi connectivity index (χ0) is 5.28. The highest BCUT2D eigenvalue weighted by Gasteiger charge is 2.16. The van der Waals surface area contributed by atoms with Gasteiger partial charge in [-0.2, -0.15) is 0 Å². The van der Waals surface area contributed by atoms with Crippen molar-refractivity contribution in [1.82, 2.24) is 4.67 Å². The number of amides is 1. The van der Waals surface area contributed by atoms with Gasteiger partial charge in [0.2, 0.25) is 0 Å². The predicted octanol–water partition coefficient (Wildman–Crippen LogP) is 0.650. The second kappa shape index (κ2) is 3.10. The van der Waals surface area contributed by atoms with E-state index in [4.69, 9.17) is 0 Å². The minimum Gasteiger partial charge on any atom is -0.447 e. The number of nitrogens with zero attached hydrogens (tertiary/aromatic N) is 1. The van der Waals surface area contributed by atoms with Gasteiger partial charge in [-0.1, -0.05) is 0 Å². The van der Waals surface area contributed by atoms with E-state index in [0.29, 0.717) is 13.2 Å². The van der Waals surface area contributed by atoms with Gasteiger partial charge in [-0.3, -0.25) is 4.67 Å². The Labute approximate surface area is 56.0 Å². The first kappa shape index (κ1) is 7.99. The van der Waals surface area contributed by atoms with Gasteiger partial charge in [0.05, 0.1) is 6.54 Å². The van der Waals surface area contributed by atoms with Crippen molar-refractivity contribution in [2.75, 3.05) is 13.2 Å². The summed E-state index contributed by atoms with van der Waals surface area (Å²) < 4.78 is 5.99. The second-order valence-corrected chi connectivity index (χ2v) is 1.93. The standard InChI is InChI=1S/C3H6NO2P.ClH/c5-3-4(7)1-2-6-3;/h1-2,7H2;1H. The Morgan fingerprint density at radius 1 is 1.75 bits per heavy atom. The number of carbonyl (C=O) groups is 1. The van der Waals surface area contributed by atoms with Crippen molar-refractivity contribution in [3.05, 3.63) is 0 Å². The van der Waals surface area contributed by atoms with Crippen LogP contribution in [-0.4, -0.2) is 23.9 Å². The van der Waals surface area contributed by atoms with E-state index in [-0.39, 0.29) is 18.5 Å². The third-order valence-electron chi connectivity index (χ3n) is 0.792. The van der Waals surface area contributed by atoms with E-state index >= 15 is 0 Å². The molecule has 0 saturated carbocycles. The molecule has 0 N–H and O–H groups in total. The Bertz CT molecular complexity index is 99.3. The number of rotatable bonds is 0. The van der Waals surface area contributed by atoms with Crippen LogP contribution in [0.4, 0.5) is 4.79 Å². The Morgan fingerprint density at radius 2 is 2.38 bits per heavy atom. The molecule has 1 aliphatic heterocycles. The van der Waals surface area contributed by atoms with Crippen LogP contribution in [0.2, 0.25) is 0 Å². The van der Waals surface area contributed by atoms with E-state index in [1.807, 2.05) is 0 Å². The fourth-order valence-corrected chi connectivity index (χ4v) is 0.585. The molecule has 0 spiro atoms.